The van der Waals surface area contributed by atoms with Crippen molar-refractivity contribution in [2.75, 3.05) is 0 Å². The number of imide groups is 1. The second kappa shape index (κ2) is 2.57. The molecule has 14 heavy (non-hydrogen) atoms. The maximum atomic E-state index is 11.5. The minimum absolute atomic E-state index is 0.355. The Labute approximate surface area is 80.3 Å². The zero-order valence-corrected chi connectivity index (χ0v) is 7.87. The molecule has 1 fully saturated rings. The lowest BCUT2D eigenvalue weighted by atomic mass is 9.98. The number of nitrogens with zero attached hydrogens (tertiary/aromatic N) is 2. The SMILES string of the molecule is Cn1nccc1C1(C)NC(=O)NC1=O. The van der Waals surface area contributed by atoms with Gasteiger partial charge in [0.25, 0.3) is 5.91 Å². The number of urea groups is 1. The summed E-state index contributed by atoms with van der Waals surface area (Å²) in [4.78, 5) is 22.5. The van der Waals surface area contributed by atoms with Gasteiger partial charge in [-0.3, -0.25) is 14.8 Å². The molecule has 1 unspecified atom stereocenters. The van der Waals surface area contributed by atoms with Crippen LogP contribution in [0.2, 0.25) is 0 Å². The van der Waals surface area contributed by atoms with Crippen LogP contribution in [0, 0.1) is 0 Å². The fourth-order valence-electron chi connectivity index (χ4n) is 1.59. The lowest BCUT2D eigenvalue weighted by Crippen LogP contribution is -2.42. The molecule has 0 aliphatic carbocycles. The van der Waals surface area contributed by atoms with Gasteiger partial charge >= 0.3 is 6.03 Å². The fraction of sp³-hybridized carbons (Fsp3) is 0.375. The summed E-state index contributed by atoms with van der Waals surface area (Å²) in [6, 6.07) is 1.23. The molecule has 2 N–H and O–H groups in total. The van der Waals surface area contributed by atoms with Crippen LogP contribution in [0.15, 0.2) is 12.3 Å². The maximum Gasteiger partial charge on any atom is 0.322 e. The summed E-state index contributed by atoms with van der Waals surface area (Å²) in [5, 5.41) is 8.71. The van der Waals surface area contributed by atoms with Crippen molar-refractivity contribution in [1.29, 1.82) is 0 Å². The van der Waals surface area contributed by atoms with Crippen LogP contribution in [0.3, 0.4) is 0 Å². The fourth-order valence-corrected chi connectivity index (χ4v) is 1.59. The molecule has 2 rings (SSSR count). The molecule has 0 saturated carbocycles. The zero-order chi connectivity index (χ0) is 10.3. The molecule has 0 spiro atoms. The minimum atomic E-state index is -1.01. The van der Waals surface area contributed by atoms with Crippen LogP contribution < -0.4 is 10.6 Å². The van der Waals surface area contributed by atoms with E-state index < -0.39 is 11.6 Å². The molecule has 1 aromatic rings. The Hall–Kier alpha value is -1.85. The number of carbonyl (C=O) groups excluding carboxylic acids is 2. The van der Waals surface area contributed by atoms with Crippen molar-refractivity contribution >= 4 is 11.9 Å². The summed E-state index contributed by atoms with van der Waals surface area (Å²) in [5.41, 5.74) is -0.358. The first-order valence-electron chi connectivity index (χ1n) is 4.16. The molecule has 1 aliphatic rings. The predicted molar refractivity (Wildman–Crippen MR) is 47.2 cm³/mol. The van der Waals surface area contributed by atoms with Crippen molar-refractivity contribution in [2.24, 2.45) is 7.05 Å². The van der Waals surface area contributed by atoms with E-state index in [4.69, 9.17) is 0 Å². The van der Waals surface area contributed by atoms with Crippen molar-refractivity contribution < 1.29 is 9.59 Å². The molecule has 1 aliphatic heterocycles. The summed E-state index contributed by atoms with van der Waals surface area (Å²) in [5.74, 6) is -0.355. The maximum absolute atomic E-state index is 11.5. The lowest BCUT2D eigenvalue weighted by Gasteiger charge is -2.20. The summed E-state index contributed by atoms with van der Waals surface area (Å²) in [7, 11) is 1.72. The normalized spacial score (nSPS) is 26.1. The number of hydrogen-bond acceptors (Lipinski definition) is 3. The number of aryl methyl sites for hydroxylation is 1. The average Bonchev–Trinajstić information content (AvgIpc) is 2.59. The molecule has 74 valence electrons. The highest BCUT2D eigenvalue weighted by Crippen LogP contribution is 2.22. The summed E-state index contributed by atoms with van der Waals surface area (Å²) >= 11 is 0. The van der Waals surface area contributed by atoms with Crippen LogP contribution in [0.4, 0.5) is 4.79 Å². The van der Waals surface area contributed by atoms with Crippen molar-refractivity contribution in [1.82, 2.24) is 20.4 Å². The van der Waals surface area contributed by atoms with Gasteiger partial charge in [-0.1, -0.05) is 0 Å². The molecule has 6 nitrogen and oxygen atoms in total. The molecule has 0 aromatic carbocycles. The summed E-state index contributed by atoms with van der Waals surface area (Å²) in [6.45, 7) is 1.64. The van der Waals surface area contributed by atoms with Crippen LogP contribution in [-0.2, 0) is 17.4 Å². The van der Waals surface area contributed by atoms with Crippen LogP contribution in [-0.4, -0.2) is 21.7 Å². The van der Waals surface area contributed by atoms with Gasteiger partial charge in [0, 0.05) is 13.2 Å². The van der Waals surface area contributed by atoms with E-state index in [-0.39, 0.29) is 5.91 Å². The van der Waals surface area contributed by atoms with Gasteiger partial charge in [0.2, 0.25) is 0 Å². The van der Waals surface area contributed by atoms with E-state index in [1.165, 1.54) is 0 Å². The van der Waals surface area contributed by atoms with Gasteiger partial charge in [0.15, 0.2) is 5.54 Å². The summed E-state index contributed by atoms with van der Waals surface area (Å²) in [6.07, 6.45) is 1.58. The van der Waals surface area contributed by atoms with Gasteiger partial charge in [-0.25, -0.2) is 4.79 Å². The van der Waals surface area contributed by atoms with Crippen LogP contribution in [0.25, 0.3) is 0 Å². The zero-order valence-electron chi connectivity index (χ0n) is 7.87. The minimum Gasteiger partial charge on any atom is -0.318 e. The number of aromatic nitrogens is 2. The smallest absolute Gasteiger partial charge is 0.318 e. The van der Waals surface area contributed by atoms with Gasteiger partial charge in [-0.2, -0.15) is 5.10 Å². The van der Waals surface area contributed by atoms with Gasteiger partial charge in [0.1, 0.15) is 0 Å². The van der Waals surface area contributed by atoms with Crippen molar-refractivity contribution in [3.8, 4) is 0 Å². The Kier molecular flexibility index (Phi) is 1.60. The van der Waals surface area contributed by atoms with Gasteiger partial charge in [0.05, 0.1) is 5.69 Å². The first-order chi connectivity index (χ1) is 6.54. The van der Waals surface area contributed by atoms with E-state index >= 15 is 0 Å². The van der Waals surface area contributed by atoms with E-state index in [1.807, 2.05) is 0 Å². The van der Waals surface area contributed by atoms with Crippen molar-refractivity contribution in [3.63, 3.8) is 0 Å². The van der Waals surface area contributed by atoms with Gasteiger partial charge in [-0.05, 0) is 13.0 Å². The highest BCUT2D eigenvalue weighted by Gasteiger charge is 2.45. The molecule has 1 saturated heterocycles. The van der Waals surface area contributed by atoms with Crippen LogP contribution in [0.1, 0.15) is 12.6 Å². The van der Waals surface area contributed by atoms with E-state index in [0.29, 0.717) is 5.69 Å². The number of hydrogen-bond donors (Lipinski definition) is 2. The summed E-state index contributed by atoms with van der Waals surface area (Å²) < 4.78 is 1.56. The third kappa shape index (κ3) is 1.00. The van der Waals surface area contributed by atoms with Crippen LogP contribution >= 0.6 is 0 Å². The third-order valence-electron chi connectivity index (χ3n) is 2.38. The first kappa shape index (κ1) is 8.74. The van der Waals surface area contributed by atoms with Crippen molar-refractivity contribution in [2.45, 2.75) is 12.5 Å². The average molecular weight is 194 g/mol. The molecule has 1 atom stereocenters. The Balaban J connectivity index is 2.47. The first-order valence-corrected chi connectivity index (χ1v) is 4.16. The second-order valence-corrected chi connectivity index (χ2v) is 3.37. The van der Waals surface area contributed by atoms with E-state index in [2.05, 4.69) is 15.7 Å². The Bertz CT molecular complexity index is 411. The van der Waals surface area contributed by atoms with Crippen molar-refractivity contribution in [3.05, 3.63) is 18.0 Å². The number of nitrogens with one attached hydrogen (secondary N) is 2. The monoisotopic (exact) mass is 194 g/mol. The number of amides is 3. The predicted octanol–water partition coefficient (Wildman–Crippen LogP) is -0.525. The molecular weight excluding hydrogens is 184 g/mol. The van der Waals surface area contributed by atoms with E-state index in [0.717, 1.165) is 0 Å². The number of carbonyl (C=O) groups is 2. The van der Waals surface area contributed by atoms with E-state index in [1.54, 1.807) is 30.9 Å². The largest absolute Gasteiger partial charge is 0.322 e. The Morgan fingerprint density at radius 1 is 1.50 bits per heavy atom. The molecule has 1 aromatic heterocycles. The van der Waals surface area contributed by atoms with Gasteiger partial charge < -0.3 is 5.32 Å². The van der Waals surface area contributed by atoms with E-state index in [9.17, 15) is 9.59 Å². The second-order valence-electron chi connectivity index (χ2n) is 3.37. The standard InChI is InChI=1S/C8H10N4O2/c1-8(5-3-4-9-12(5)2)6(13)10-7(14)11-8/h3-4H,1-2H3,(H2,10,11,13,14). The molecule has 0 radical (unpaired) electrons. The lowest BCUT2D eigenvalue weighted by molar-refractivity contribution is -0.123. The van der Waals surface area contributed by atoms with Gasteiger partial charge in [-0.15, -0.1) is 0 Å². The quantitative estimate of drug-likeness (QED) is 0.590. The van der Waals surface area contributed by atoms with Crippen LogP contribution in [0.5, 0.6) is 0 Å². The number of rotatable bonds is 1. The Morgan fingerprint density at radius 2 is 2.21 bits per heavy atom. The topological polar surface area (TPSA) is 76.0 Å². The molecule has 3 amide bonds. The third-order valence-corrected chi connectivity index (χ3v) is 2.38. The molecule has 2 heterocycles. The highest BCUT2D eigenvalue weighted by atomic mass is 16.2. The Morgan fingerprint density at radius 3 is 2.64 bits per heavy atom. The molecule has 0 bridgehead atoms. The molecule has 6 heteroatoms. The highest BCUT2D eigenvalue weighted by molar-refractivity contribution is 6.06. The molecular formula is C8H10N4O2.